The van der Waals surface area contributed by atoms with Crippen molar-refractivity contribution in [3.05, 3.63) is 84.2 Å². The van der Waals surface area contributed by atoms with Crippen molar-refractivity contribution in [2.45, 2.75) is 50.8 Å². The number of Topliss-reactive ketones (excluding diaryl/α,β-unsaturated/α-hetero) is 1. The fraction of sp³-hybridized carbons (Fsp3) is 0.346. The van der Waals surface area contributed by atoms with E-state index in [1.54, 1.807) is 10.9 Å². The van der Waals surface area contributed by atoms with Crippen LogP contribution in [0.1, 0.15) is 48.0 Å². The average Bonchev–Trinajstić information content (AvgIpc) is 3.37. The van der Waals surface area contributed by atoms with Crippen molar-refractivity contribution >= 4 is 11.9 Å². The average molecular weight is 430 g/mol. The molecule has 0 saturated carbocycles. The first-order chi connectivity index (χ1) is 15.7. The summed E-state index contributed by atoms with van der Waals surface area (Å²) in [4.78, 5) is 28.1. The zero-order valence-electron chi connectivity index (χ0n) is 18.0. The van der Waals surface area contributed by atoms with Crippen molar-refractivity contribution in [3.63, 3.8) is 0 Å². The summed E-state index contributed by atoms with van der Waals surface area (Å²) in [6.07, 6.45) is 7.72. The highest BCUT2D eigenvalue weighted by Crippen LogP contribution is 2.38. The molecule has 0 spiro atoms. The van der Waals surface area contributed by atoms with Gasteiger partial charge in [-0.2, -0.15) is 5.10 Å². The standard InChI is InChI=1S/C26H27N3O3/c30-25(20-10-12-22(13-11-20)28-15-5-14-27-28)21-16-23-8-4-9-24(17-21)29(23)26(31)32-18-19-6-2-1-3-7-19/h1-3,5-7,10-15,21,23-24H,4,8-9,16-18H2. The van der Waals surface area contributed by atoms with Gasteiger partial charge in [0.2, 0.25) is 0 Å². The quantitative estimate of drug-likeness (QED) is 0.534. The zero-order valence-corrected chi connectivity index (χ0v) is 18.0. The van der Waals surface area contributed by atoms with Gasteiger partial charge in [0.1, 0.15) is 6.61 Å². The molecule has 1 aromatic heterocycles. The summed E-state index contributed by atoms with van der Waals surface area (Å²) in [5.41, 5.74) is 2.64. The summed E-state index contributed by atoms with van der Waals surface area (Å²) in [6, 6.07) is 19.4. The first-order valence-corrected chi connectivity index (χ1v) is 11.3. The first kappa shape index (κ1) is 20.5. The number of hydrogen-bond donors (Lipinski definition) is 0. The minimum atomic E-state index is -0.252. The van der Waals surface area contributed by atoms with Crippen LogP contribution in [0.15, 0.2) is 73.1 Å². The van der Waals surface area contributed by atoms with Crippen molar-refractivity contribution < 1.29 is 14.3 Å². The van der Waals surface area contributed by atoms with Gasteiger partial charge in [-0.3, -0.25) is 4.79 Å². The maximum absolute atomic E-state index is 13.3. The Balaban J connectivity index is 1.24. The van der Waals surface area contributed by atoms with Gasteiger partial charge in [-0.25, -0.2) is 9.48 Å². The van der Waals surface area contributed by atoms with Crippen molar-refractivity contribution in [3.8, 4) is 5.69 Å². The summed E-state index contributed by atoms with van der Waals surface area (Å²) >= 11 is 0. The van der Waals surface area contributed by atoms with E-state index in [0.29, 0.717) is 12.8 Å². The molecule has 164 valence electrons. The first-order valence-electron chi connectivity index (χ1n) is 11.3. The van der Waals surface area contributed by atoms with E-state index in [-0.39, 0.29) is 36.5 Å². The Hall–Kier alpha value is -3.41. The van der Waals surface area contributed by atoms with Crippen LogP contribution in [0.2, 0.25) is 0 Å². The highest BCUT2D eigenvalue weighted by Gasteiger charge is 2.43. The van der Waals surface area contributed by atoms with Gasteiger partial charge in [-0.1, -0.05) is 30.3 Å². The topological polar surface area (TPSA) is 64.4 Å². The van der Waals surface area contributed by atoms with Crippen LogP contribution in [-0.4, -0.2) is 38.6 Å². The van der Waals surface area contributed by atoms with Gasteiger partial charge in [0.15, 0.2) is 5.78 Å². The van der Waals surface area contributed by atoms with E-state index >= 15 is 0 Å². The molecule has 0 aliphatic carbocycles. The molecule has 2 atom stereocenters. The maximum Gasteiger partial charge on any atom is 0.410 e. The Morgan fingerprint density at radius 2 is 1.66 bits per heavy atom. The second kappa shape index (κ2) is 8.99. The molecule has 2 aromatic carbocycles. The molecular weight excluding hydrogens is 402 g/mol. The van der Waals surface area contributed by atoms with Gasteiger partial charge in [0, 0.05) is 36.0 Å². The normalized spacial score (nSPS) is 22.4. The number of rotatable bonds is 5. The van der Waals surface area contributed by atoms with Crippen LogP contribution in [-0.2, 0) is 11.3 Å². The number of aromatic nitrogens is 2. The molecule has 6 heteroatoms. The lowest BCUT2D eigenvalue weighted by atomic mass is 9.76. The number of piperidine rings is 2. The van der Waals surface area contributed by atoms with E-state index < -0.39 is 0 Å². The highest BCUT2D eigenvalue weighted by atomic mass is 16.6. The van der Waals surface area contributed by atoms with E-state index in [4.69, 9.17) is 4.74 Å². The molecule has 5 rings (SSSR count). The van der Waals surface area contributed by atoms with Crippen molar-refractivity contribution in [1.29, 1.82) is 0 Å². The lowest BCUT2D eigenvalue weighted by Gasteiger charge is -2.47. The van der Waals surface area contributed by atoms with Crippen molar-refractivity contribution in [2.24, 2.45) is 5.92 Å². The Labute approximate surface area is 187 Å². The van der Waals surface area contributed by atoms with Crippen molar-refractivity contribution in [1.82, 2.24) is 14.7 Å². The molecule has 2 bridgehead atoms. The fourth-order valence-corrected chi connectivity index (χ4v) is 5.12. The number of ether oxygens (including phenoxy) is 1. The van der Waals surface area contributed by atoms with E-state index in [1.165, 1.54) is 0 Å². The van der Waals surface area contributed by atoms with E-state index in [2.05, 4.69) is 5.10 Å². The van der Waals surface area contributed by atoms with Crippen LogP contribution in [0.3, 0.4) is 0 Å². The van der Waals surface area contributed by atoms with Crippen LogP contribution in [0.4, 0.5) is 4.79 Å². The summed E-state index contributed by atoms with van der Waals surface area (Å²) in [5.74, 6) is 0.116. The van der Waals surface area contributed by atoms with Gasteiger partial charge in [0.25, 0.3) is 0 Å². The van der Waals surface area contributed by atoms with Crippen LogP contribution < -0.4 is 0 Å². The largest absolute Gasteiger partial charge is 0.445 e. The number of ketones is 1. The van der Waals surface area contributed by atoms with Crippen LogP contribution in [0.5, 0.6) is 0 Å². The van der Waals surface area contributed by atoms with E-state index in [0.717, 1.165) is 36.1 Å². The number of fused-ring (bicyclic) bond motifs is 2. The highest BCUT2D eigenvalue weighted by molar-refractivity contribution is 5.98. The molecule has 32 heavy (non-hydrogen) atoms. The molecule has 2 saturated heterocycles. The monoisotopic (exact) mass is 429 g/mol. The van der Waals surface area contributed by atoms with Gasteiger partial charge in [0.05, 0.1) is 5.69 Å². The van der Waals surface area contributed by atoms with Crippen LogP contribution >= 0.6 is 0 Å². The maximum atomic E-state index is 13.3. The molecule has 2 aliphatic heterocycles. The second-order valence-corrected chi connectivity index (χ2v) is 8.72. The molecule has 2 fully saturated rings. The molecule has 1 amide bonds. The number of benzene rings is 2. The molecular formula is C26H27N3O3. The summed E-state index contributed by atoms with van der Waals surface area (Å²) < 4.78 is 7.40. The molecule has 2 unspecified atom stereocenters. The van der Waals surface area contributed by atoms with Gasteiger partial charge >= 0.3 is 6.09 Å². The van der Waals surface area contributed by atoms with E-state index in [9.17, 15) is 9.59 Å². The number of carbonyl (C=O) groups is 2. The Morgan fingerprint density at radius 1 is 0.938 bits per heavy atom. The zero-order chi connectivity index (χ0) is 21.9. The molecule has 3 aromatic rings. The second-order valence-electron chi connectivity index (χ2n) is 8.72. The molecule has 0 N–H and O–H groups in total. The number of hydrogen-bond acceptors (Lipinski definition) is 4. The van der Waals surface area contributed by atoms with E-state index in [1.807, 2.05) is 71.8 Å². The SMILES string of the molecule is O=C(c1ccc(-n2cccn2)cc1)C1CC2CCCC(C1)N2C(=O)OCc1ccccc1. The predicted octanol–water partition coefficient (Wildman–Crippen LogP) is 5.02. The number of amides is 1. The summed E-state index contributed by atoms with van der Waals surface area (Å²) in [7, 11) is 0. The Bertz CT molecular complexity index is 1050. The van der Waals surface area contributed by atoms with Crippen LogP contribution in [0.25, 0.3) is 5.69 Å². The summed E-state index contributed by atoms with van der Waals surface area (Å²) in [5, 5.41) is 4.23. The van der Waals surface area contributed by atoms with Crippen molar-refractivity contribution in [2.75, 3.05) is 0 Å². The third-order valence-corrected chi connectivity index (χ3v) is 6.68. The minimum absolute atomic E-state index is 0.0565. The third-order valence-electron chi connectivity index (χ3n) is 6.68. The summed E-state index contributed by atoms with van der Waals surface area (Å²) in [6.45, 7) is 0.278. The molecule has 0 radical (unpaired) electrons. The Kier molecular flexibility index (Phi) is 5.75. The lowest BCUT2D eigenvalue weighted by Crippen LogP contribution is -2.55. The van der Waals surface area contributed by atoms with Crippen LogP contribution in [0, 0.1) is 5.92 Å². The predicted molar refractivity (Wildman–Crippen MR) is 121 cm³/mol. The number of carbonyl (C=O) groups excluding carboxylic acids is 2. The molecule has 3 heterocycles. The number of nitrogens with zero attached hydrogens (tertiary/aromatic N) is 3. The fourth-order valence-electron chi connectivity index (χ4n) is 5.12. The Morgan fingerprint density at radius 3 is 2.31 bits per heavy atom. The van der Waals surface area contributed by atoms with Gasteiger partial charge in [-0.15, -0.1) is 0 Å². The van der Waals surface area contributed by atoms with Gasteiger partial charge < -0.3 is 9.64 Å². The minimum Gasteiger partial charge on any atom is -0.445 e. The van der Waals surface area contributed by atoms with Gasteiger partial charge in [-0.05, 0) is 68.0 Å². The lowest BCUT2D eigenvalue weighted by molar-refractivity contribution is 0.00473. The third kappa shape index (κ3) is 4.17. The smallest absolute Gasteiger partial charge is 0.410 e. The molecule has 2 aliphatic rings. The molecule has 6 nitrogen and oxygen atoms in total.